The van der Waals surface area contributed by atoms with Gasteiger partial charge in [-0.3, -0.25) is 15.2 Å². The van der Waals surface area contributed by atoms with Crippen LogP contribution in [-0.2, 0) is 0 Å². The molecule has 0 aliphatic rings. The van der Waals surface area contributed by atoms with Crippen LogP contribution in [0.15, 0.2) is 6.20 Å². The standard InChI is InChI=1S/C5H4F3N3O3/c6-5(7,8)2-14-4-3(11(12)13)1-9-10-4/h1H,2H2,(H,9,10). The first-order valence-corrected chi connectivity index (χ1v) is 3.28. The maximum absolute atomic E-state index is 11.6. The molecule has 6 nitrogen and oxygen atoms in total. The van der Waals surface area contributed by atoms with Gasteiger partial charge in [0, 0.05) is 0 Å². The molecule has 1 aromatic rings. The predicted molar refractivity (Wildman–Crippen MR) is 36.8 cm³/mol. The highest BCUT2D eigenvalue weighted by molar-refractivity contribution is 5.37. The van der Waals surface area contributed by atoms with Crippen LogP contribution in [0.2, 0.25) is 0 Å². The molecule has 14 heavy (non-hydrogen) atoms. The van der Waals surface area contributed by atoms with Crippen molar-refractivity contribution < 1.29 is 22.8 Å². The lowest BCUT2D eigenvalue weighted by atomic mass is 10.5. The molecule has 78 valence electrons. The Kier molecular flexibility index (Phi) is 2.58. The zero-order chi connectivity index (χ0) is 10.8. The van der Waals surface area contributed by atoms with Crippen molar-refractivity contribution >= 4 is 5.69 Å². The molecule has 0 saturated heterocycles. The number of H-pyrrole nitrogens is 1. The number of hydrogen-bond acceptors (Lipinski definition) is 4. The summed E-state index contributed by atoms with van der Waals surface area (Å²) >= 11 is 0. The first kappa shape index (κ1) is 10.3. The minimum Gasteiger partial charge on any atom is -0.462 e. The number of hydrogen-bond donors (Lipinski definition) is 1. The summed E-state index contributed by atoms with van der Waals surface area (Å²) in [5, 5.41) is 15.4. The van der Waals surface area contributed by atoms with Crippen LogP contribution in [0.5, 0.6) is 5.88 Å². The molecule has 1 heterocycles. The summed E-state index contributed by atoms with van der Waals surface area (Å²) in [6.07, 6.45) is -3.71. The van der Waals surface area contributed by atoms with E-state index in [-0.39, 0.29) is 0 Å². The second kappa shape index (κ2) is 3.52. The van der Waals surface area contributed by atoms with Crippen LogP contribution in [0.3, 0.4) is 0 Å². The fourth-order valence-corrected chi connectivity index (χ4v) is 0.658. The SMILES string of the molecule is O=[N+]([O-])c1c[nH]nc1OCC(F)(F)F. The van der Waals surface area contributed by atoms with Gasteiger partial charge in [-0.25, -0.2) is 0 Å². The molecule has 1 N–H and O–H groups in total. The Hall–Kier alpha value is -1.80. The van der Waals surface area contributed by atoms with Gasteiger partial charge < -0.3 is 4.74 Å². The Balaban J connectivity index is 2.68. The van der Waals surface area contributed by atoms with Crippen LogP contribution in [0.4, 0.5) is 18.9 Å². The van der Waals surface area contributed by atoms with Crippen LogP contribution in [0, 0.1) is 10.1 Å². The van der Waals surface area contributed by atoms with Crippen molar-refractivity contribution in [2.75, 3.05) is 6.61 Å². The number of alkyl halides is 3. The zero-order valence-corrected chi connectivity index (χ0v) is 6.54. The van der Waals surface area contributed by atoms with Crippen LogP contribution >= 0.6 is 0 Å². The molecule has 1 rings (SSSR count). The fraction of sp³-hybridized carbons (Fsp3) is 0.400. The van der Waals surface area contributed by atoms with Gasteiger partial charge in [0.25, 0.3) is 0 Å². The number of nitrogens with one attached hydrogen (secondary N) is 1. The third kappa shape index (κ3) is 2.61. The average Bonchev–Trinajstić information content (AvgIpc) is 2.46. The van der Waals surface area contributed by atoms with Gasteiger partial charge in [0.15, 0.2) is 6.61 Å². The maximum Gasteiger partial charge on any atom is 0.422 e. The number of aromatic amines is 1. The lowest BCUT2D eigenvalue weighted by molar-refractivity contribution is -0.386. The second-order valence-corrected chi connectivity index (χ2v) is 2.24. The summed E-state index contributed by atoms with van der Waals surface area (Å²) < 4.78 is 39.0. The molecule has 0 radical (unpaired) electrons. The Morgan fingerprint density at radius 3 is 2.79 bits per heavy atom. The van der Waals surface area contributed by atoms with Crippen molar-refractivity contribution in [1.82, 2.24) is 10.2 Å². The largest absolute Gasteiger partial charge is 0.462 e. The number of ether oxygens (including phenoxy) is 1. The molecular formula is C5H4F3N3O3. The van der Waals surface area contributed by atoms with E-state index >= 15 is 0 Å². The third-order valence-corrected chi connectivity index (χ3v) is 1.16. The smallest absolute Gasteiger partial charge is 0.422 e. The van der Waals surface area contributed by atoms with Crippen LogP contribution in [0.1, 0.15) is 0 Å². The monoisotopic (exact) mass is 211 g/mol. The minimum absolute atomic E-state index is 0.630. The summed E-state index contributed by atoms with van der Waals surface area (Å²) in [6, 6.07) is 0. The van der Waals surface area contributed by atoms with Crippen molar-refractivity contribution in [2.24, 2.45) is 0 Å². The summed E-state index contributed by atoms with van der Waals surface area (Å²) in [5.41, 5.74) is -0.630. The molecule has 0 aliphatic heterocycles. The minimum atomic E-state index is -4.55. The van der Waals surface area contributed by atoms with Crippen molar-refractivity contribution in [3.05, 3.63) is 16.3 Å². The van der Waals surface area contributed by atoms with Crippen LogP contribution in [0.25, 0.3) is 0 Å². The number of aromatic nitrogens is 2. The van der Waals surface area contributed by atoms with Gasteiger partial charge in [-0.1, -0.05) is 0 Å². The van der Waals surface area contributed by atoms with E-state index in [0.717, 1.165) is 6.20 Å². The van der Waals surface area contributed by atoms with Crippen molar-refractivity contribution in [3.8, 4) is 5.88 Å². The third-order valence-electron chi connectivity index (χ3n) is 1.16. The summed E-state index contributed by atoms with van der Waals surface area (Å²) in [7, 11) is 0. The number of nitro groups is 1. The van der Waals surface area contributed by atoms with Crippen molar-refractivity contribution in [2.45, 2.75) is 6.18 Å². The molecule has 0 aliphatic carbocycles. The Bertz CT molecular complexity index is 334. The molecule has 0 aromatic carbocycles. The van der Waals surface area contributed by atoms with E-state index in [2.05, 4.69) is 9.84 Å². The maximum atomic E-state index is 11.6. The molecule has 0 unspecified atom stereocenters. The first-order chi connectivity index (χ1) is 6.40. The molecule has 0 bridgehead atoms. The van der Waals surface area contributed by atoms with E-state index in [1.54, 1.807) is 0 Å². The Morgan fingerprint density at radius 1 is 1.64 bits per heavy atom. The fourth-order valence-electron chi connectivity index (χ4n) is 0.658. The molecule has 0 saturated carbocycles. The van der Waals surface area contributed by atoms with E-state index in [1.165, 1.54) is 0 Å². The van der Waals surface area contributed by atoms with E-state index in [9.17, 15) is 23.3 Å². The molecule has 0 spiro atoms. The van der Waals surface area contributed by atoms with Crippen LogP contribution < -0.4 is 4.74 Å². The molecular weight excluding hydrogens is 207 g/mol. The normalized spacial score (nSPS) is 11.4. The molecule has 9 heteroatoms. The van der Waals surface area contributed by atoms with Crippen molar-refractivity contribution in [3.63, 3.8) is 0 Å². The molecule has 0 amide bonds. The average molecular weight is 211 g/mol. The Morgan fingerprint density at radius 2 is 2.29 bits per heavy atom. The van der Waals surface area contributed by atoms with Crippen molar-refractivity contribution in [1.29, 1.82) is 0 Å². The molecule has 0 atom stereocenters. The van der Waals surface area contributed by atoms with Gasteiger partial charge in [0.1, 0.15) is 6.20 Å². The lowest BCUT2D eigenvalue weighted by Crippen LogP contribution is -2.19. The van der Waals surface area contributed by atoms with E-state index in [4.69, 9.17) is 0 Å². The summed E-state index contributed by atoms with van der Waals surface area (Å²) in [5.74, 6) is -0.674. The lowest BCUT2D eigenvalue weighted by Gasteiger charge is -2.05. The quantitative estimate of drug-likeness (QED) is 0.602. The number of halogens is 3. The molecule has 0 fully saturated rings. The zero-order valence-electron chi connectivity index (χ0n) is 6.54. The molecule has 1 aromatic heterocycles. The van der Waals surface area contributed by atoms with Gasteiger partial charge in [-0.15, -0.1) is 5.10 Å². The van der Waals surface area contributed by atoms with E-state index in [1.807, 2.05) is 5.10 Å². The first-order valence-electron chi connectivity index (χ1n) is 3.28. The summed E-state index contributed by atoms with van der Waals surface area (Å²) in [4.78, 5) is 9.30. The van der Waals surface area contributed by atoms with E-state index < -0.39 is 29.3 Å². The number of nitrogens with zero attached hydrogens (tertiary/aromatic N) is 2. The second-order valence-electron chi connectivity index (χ2n) is 2.24. The predicted octanol–water partition coefficient (Wildman–Crippen LogP) is 1.26. The highest BCUT2D eigenvalue weighted by atomic mass is 19.4. The van der Waals surface area contributed by atoms with Gasteiger partial charge in [-0.05, 0) is 0 Å². The summed E-state index contributed by atoms with van der Waals surface area (Å²) in [6.45, 7) is -1.61. The van der Waals surface area contributed by atoms with Gasteiger partial charge in [0.2, 0.25) is 0 Å². The van der Waals surface area contributed by atoms with Gasteiger partial charge in [-0.2, -0.15) is 13.2 Å². The number of rotatable bonds is 3. The van der Waals surface area contributed by atoms with Gasteiger partial charge in [0.05, 0.1) is 4.92 Å². The highest BCUT2D eigenvalue weighted by Crippen LogP contribution is 2.24. The van der Waals surface area contributed by atoms with Crippen LogP contribution in [-0.4, -0.2) is 27.9 Å². The van der Waals surface area contributed by atoms with E-state index in [0.29, 0.717) is 0 Å². The van der Waals surface area contributed by atoms with Gasteiger partial charge >= 0.3 is 17.7 Å². The topological polar surface area (TPSA) is 81.0 Å². The Labute approximate surface area is 74.8 Å². The highest BCUT2D eigenvalue weighted by Gasteiger charge is 2.30.